The Labute approximate surface area is 83.1 Å². The average molecular weight is 203 g/mol. The van der Waals surface area contributed by atoms with E-state index < -0.39 is 5.97 Å². The molecule has 2 atom stereocenters. The van der Waals surface area contributed by atoms with Gasteiger partial charge in [0.25, 0.3) is 0 Å². The van der Waals surface area contributed by atoms with Gasteiger partial charge in [-0.2, -0.15) is 0 Å². The molecule has 3 nitrogen and oxygen atoms in total. The number of aliphatic carboxylic acids is 1. The lowest BCUT2D eigenvalue weighted by Crippen LogP contribution is -2.22. The summed E-state index contributed by atoms with van der Waals surface area (Å²) in [6.45, 7) is 2.70. The minimum atomic E-state index is -0.656. The molecule has 0 heterocycles. The molecule has 1 fully saturated rings. The lowest BCUT2D eigenvalue weighted by Gasteiger charge is -2.13. The monoisotopic (exact) mass is 203 g/mol. The molecule has 0 amide bonds. The van der Waals surface area contributed by atoms with Crippen molar-refractivity contribution >= 4 is 17.7 Å². The largest absolute Gasteiger partial charge is 0.480 e. The number of hydrogen-bond donors (Lipinski definition) is 2. The van der Waals surface area contributed by atoms with Crippen LogP contribution in [0.25, 0.3) is 0 Å². The van der Waals surface area contributed by atoms with Crippen LogP contribution in [0.2, 0.25) is 0 Å². The molecule has 1 aliphatic rings. The molecular formula is C9H17NO2S. The molecule has 0 aromatic heterocycles. The number of thioether (sulfide) groups is 1. The Kier molecular flexibility index (Phi) is 4.06. The van der Waals surface area contributed by atoms with E-state index in [1.807, 2.05) is 0 Å². The summed E-state index contributed by atoms with van der Waals surface area (Å²) >= 11 is 1.55. The Balaban J connectivity index is 2.26. The molecule has 0 aliphatic heterocycles. The first kappa shape index (κ1) is 10.9. The normalized spacial score (nSPS) is 21.1. The molecule has 1 aliphatic carbocycles. The van der Waals surface area contributed by atoms with Gasteiger partial charge in [0.05, 0.1) is 0 Å². The van der Waals surface area contributed by atoms with E-state index in [1.165, 1.54) is 0 Å². The van der Waals surface area contributed by atoms with Gasteiger partial charge >= 0.3 is 5.97 Å². The van der Waals surface area contributed by atoms with Crippen LogP contribution < -0.4 is 5.73 Å². The van der Waals surface area contributed by atoms with Crippen LogP contribution in [0.4, 0.5) is 0 Å². The van der Waals surface area contributed by atoms with Gasteiger partial charge in [0, 0.05) is 0 Å². The van der Waals surface area contributed by atoms with E-state index in [2.05, 4.69) is 6.92 Å². The van der Waals surface area contributed by atoms with Gasteiger partial charge in [0.2, 0.25) is 0 Å². The van der Waals surface area contributed by atoms with Crippen LogP contribution >= 0.6 is 11.8 Å². The van der Waals surface area contributed by atoms with Crippen molar-refractivity contribution in [3.05, 3.63) is 0 Å². The molecule has 0 bridgehead atoms. The molecule has 76 valence electrons. The number of nitrogens with two attached hydrogens (primary N) is 1. The van der Waals surface area contributed by atoms with E-state index in [9.17, 15) is 4.79 Å². The van der Waals surface area contributed by atoms with Gasteiger partial charge < -0.3 is 10.8 Å². The van der Waals surface area contributed by atoms with E-state index >= 15 is 0 Å². The number of carboxylic acid groups (broad SMARTS) is 1. The van der Waals surface area contributed by atoms with E-state index in [-0.39, 0.29) is 5.25 Å². The fraction of sp³-hybridized carbons (Fsp3) is 0.889. The molecule has 0 radical (unpaired) electrons. The third-order valence-electron chi connectivity index (χ3n) is 2.26. The van der Waals surface area contributed by atoms with Crippen LogP contribution in [-0.4, -0.2) is 28.6 Å². The lowest BCUT2D eigenvalue weighted by molar-refractivity contribution is -0.136. The maximum absolute atomic E-state index is 10.8. The predicted molar refractivity (Wildman–Crippen MR) is 54.8 cm³/mol. The minimum absolute atomic E-state index is 0.186. The second kappa shape index (κ2) is 4.86. The van der Waals surface area contributed by atoms with Crippen molar-refractivity contribution in [2.24, 2.45) is 17.6 Å². The third-order valence-corrected chi connectivity index (χ3v) is 3.96. The van der Waals surface area contributed by atoms with E-state index in [4.69, 9.17) is 10.8 Å². The van der Waals surface area contributed by atoms with Crippen molar-refractivity contribution in [1.82, 2.24) is 0 Å². The smallest absolute Gasteiger partial charge is 0.316 e. The van der Waals surface area contributed by atoms with Crippen molar-refractivity contribution in [2.45, 2.75) is 25.0 Å². The Morgan fingerprint density at radius 1 is 1.69 bits per heavy atom. The second-order valence-corrected chi connectivity index (χ2v) is 4.95. The van der Waals surface area contributed by atoms with Crippen molar-refractivity contribution in [3.63, 3.8) is 0 Å². The fourth-order valence-corrected chi connectivity index (χ4v) is 2.50. The predicted octanol–water partition coefficient (Wildman–Crippen LogP) is 1.18. The fourth-order valence-electron chi connectivity index (χ4n) is 1.14. The summed E-state index contributed by atoms with van der Waals surface area (Å²) in [5.74, 6) is 1.05. The van der Waals surface area contributed by atoms with Crippen molar-refractivity contribution in [2.75, 3.05) is 12.3 Å². The number of carbonyl (C=O) groups is 1. The van der Waals surface area contributed by atoms with Gasteiger partial charge in [0.1, 0.15) is 5.25 Å². The summed E-state index contributed by atoms with van der Waals surface area (Å²) in [6.07, 6.45) is 2.17. The molecule has 1 rings (SSSR count). The van der Waals surface area contributed by atoms with Crippen molar-refractivity contribution < 1.29 is 9.90 Å². The van der Waals surface area contributed by atoms with Crippen LogP contribution in [-0.2, 0) is 4.79 Å². The summed E-state index contributed by atoms with van der Waals surface area (Å²) in [5, 5.41) is 8.73. The topological polar surface area (TPSA) is 63.3 Å². The molecule has 1 saturated carbocycles. The molecule has 0 aromatic rings. The highest BCUT2D eigenvalue weighted by atomic mass is 32.2. The van der Waals surface area contributed by atoms with Gasteiger partial charge in [-0.05, 0) is 37.0 Å². The highest BCUT2D eigenvalue weighted by Crippen LogP contribution is 2.39. The molecule has 13 heavy (non-hydrogen) atoms. The molecule has 0 aromatic carbocycles. The van der Waals surface area contributed by atoms with E-state index in [0.29, 0.717) is 18.4 Å². The Morgan fingerprint density at radius 3 is 2.69 bits per heavy atom. The number of hydrogen-bond acceptors (Lipinski definition) is 3. The van der Waals surface area contributed by atoms with Gasteiger partial charge in [-0.15, -0.1) is 11.8 Å². The minimum Gasteiger partial charge on any atom is -0.480 e. The first-order valence-electron chi connectivity index (χ1n) is 4.69. The number of rotatable bonds is 6. The highest BCUT2D eigenvalue weighted by Gasteiger charge is 2.36. The summed E-state index contributed by atoms with van der Waals surface area (Å²) < 4.78 is 0. The quantitative estimate of drug-likeness (QED) is 0.680. The van der Waals surface area contributed by atoms with Crippen LogP contribution in [0.15, 0.2) is 0 Å². The summed E-state index contributed by atoms with van der Waals surface area (Å²) in [7, 11) is 0. The van der Waals surface area contributed by atoms with Crippen LogP contribution in [0.3, 0.4) is 0 Å². The second-order valence-electron chi connectivity index (χ2n) is 3.77. The summed E-state index contributed by atoms with van der Waals surface area (Å²) in [6, 6.07) is 0. The van der Waals surface area contributed by atoms with Crippen molar-refractivity contribution in [3.8, 4) is 0 Å². The van der Waals surface area contributed by atoms with Crippen LogP contribution in [0.1, 0.15) is 19.8 Å². The molecule has 3 N–H and O–H groups in total. The third kappa shape index (κ3) is 3.56. The van der Waals surface area contributed by atoms with Crippen molar-refractivity contribution in [1.29, 1.82) is 0 Å². The Bertz CT molecular complexity index is 182. The molecule has 0 saturated heterocycles. The van der Waals surface area contributed by atoms with Gasteiger partial charge in [-0.1, -0.05) is 6.92 Å². The van der Waals surface area contributed by atoms with E-state index in [0.717, 1.165) is 18.6 Å². The lowest BCUT2D eigenvalue weighted by atomic mass is 10.2. The molecule has 2 unspecified atom stereocenters. The van der Waals surface area contributed by atoms with Gasteiger partial charge in [-0.25, -0.2) is 0 Å². The van der Waals surface area contributed by atoms with Gasteiger partial charge in [-0.3, -0.25) is 4.79 Å². The summed E-state index contributed by atoms with van der Waals surface area (Å²) in [5.41, 5.74) is 5.47. The molecule has 0 spiro atoms. The number of carboxylic acids is 1. The van der Waals surface area contributed by atoms with Crippen LogP contribution in [0.5, 0.6) is 0 Å². The SMILES string of the molecule is CC(CN)CSC(C(=O)O)C1CC1. The zero-order valence-electron chi connectivity index (χ0n) is 7.90. The van der Waals surface area contributed by atoms with E-state index in [1.54, 1.807) is 11.8 Å². The average Bonchev–Trinajstić information content (AvgIpc) is 2.87. The molecular weight excluding hydrogens is 186 g/mol. The van der Waals surface area contributed by atoms with Gasteiger partial charge in [0.15, 0.2) is 0 Å². The standard InChI is InChI=1S/C9H17NO2S/c1-6(4-10)5-13-8(9(11)12)7-2-3-7/h6-8H,2-5,10H2,1H3,(H,11,12). The molecule has 4 heteroatoms. The highest BCUT2D eigenvalue weighted by molar-refractivity contribution is 8.00. The first-order chi connectivity index (χ1) is 6.15. The zero-order valence-corrected chi connectivity index (χ0v) is 8.72. The maximum Gasteiger partial charge on any atom is 0.316 e. The summed E-state index contributed by atoms with van der Waals surface area (Å²) in [4.78, 5) is 10.8. The maximum atomic E-state index is 10.8. The Hall–Kier alpha value is -0.220. The zero-order chi connectivity index (χ0) is 9.84. The van der Waals surface area contributed by atoms with Crippen LogP contribution in [0, 0.1) is 11.8 Å². The Morgan fingerprint density at radius 2 is 2.31 bits per heavy atom. The first-order valence-corrected chi connectivity index (χ1v) is 5.74.